The van der Waals surface area contributed by atoms with E-state index < -0.39 is 10.2 Å². The van der Waals surface area contributed by atoms with Crippen LogP contribution < -0.4 is 0 Å². The zero-order valence-corrected chi connectivity index (χ0v) is 7.15. The molecule has 8 nitrogen and oxygen atoms in total. The van der Waals surface area contributed by atoms with Crippen LogP contribution in [0, 0.1) is 59.8 Å². The summed E-state index contributed by atoms with van der Waals surface area (Å²) < 4.78 is 0. The van der Waals surface area contributed by atoms with Crippen molar-refractivity contribution in [2.45, 2.75) is 0 Å². The zero-order valence-electron chi connectivity index (χ0n) is 3.75. The fourth-order valence-electron chi connectivity index (χ4n) is 0. The molecule has 0 fully saturated rings. The van der Waals surface area contributed by atoms with Gasteiger partial charge < -0.3 is 30.6 Å². The van der Waals surface area contributed by atoms with Gasteiger partial charge in [-0.1, -0.05) is 0 Å². The zero-order chi connectivity index (χ0) is 7.15. The molecular weight excluding hydrogens is 368 g/mol. The van der Waals surface area contributed by atoms with Gasteiger partial charge in [0.25, 0.3) is 0 Å². The molecule has 0 rings (SSSR count). The Morgan fingerprint density at radius 3 is 0.778 bits per heavy atom. The van der Waals surface area contributed by atoms with Gasteiger partial charge in [-0.2, -0.15) is 0 Å². The molecule has 9 heavy (non-hydrogen) atoms. The van der Waals surface area contributed by atoms with Gasteiger partial charge in [-0.25, -0.2) is 0 Å². The monoisotopic (exact) mass is 362 g/mol. The molecule has 0 unspecified atom stereocenters. The van der Waals surface area contributed by atoms with Crippen molar-refractivity contribution >= 4 is 0 Å². The first-order chi connectivity index (χ1) is 3.46. The van der Waals surface area contributed by atoms with E-state index in [2.05, 4.69) is 0 Å². The maximum atomic E-state index is 8.25. The van der Waals surface area contributed by atoms with Crippen LogP contribution in [-0.4, -0.2) is 10.2 Å². The molecule has 0 aliphatic carbocycles. The SMILES string of the molecule is O=[N+]([O-])[O-].O=[N+]([O-])[O-].[Pu]. The van der Waals surface area contributed by atoms with Gasteiger partial charge in [0, 0.05) is 29.2 Å². The third kappa shape index (κ3) is 571. The topological polar surface area (TPSA) is 132 Å². The molecule has 0 aromatic carbocycles. The Morgan fingerprint density at radius 1 is 0.778 bits per heavy atom. The van der Waals surface area contributed by atoms with E-state index in [4.69, 9.17) is 30.6 Å². The fourth-order valence-corrected chi connectivity index (χ4v) is 0. The Morgan fingerprint density at radius 2 is 0.778 bits per heavy atom. The van der Waals surface area contributed by atoms with Crippen LogP contribution in [0.2, 0.25) is 0 Å². The first-order valence-electron chi connectivity index (χ1n) is 1.10. The number of rotatable bonds is 0. The summed E-state index contributed by atoms with van der Waals surface area (Å²) in [6, 6.07) is 0. The Balaban J connectivity index is -0.0000000720. The van der Waals surface area contributed by atoms with Gasteiger partial charge in [0.15, 0.2) is 0 Å². The van der Waals surface area contributed by atoms with E-state index in [1.807, 2.05) is 0 Å². The van der Waals surface area contributed by atoms with Crippen LogP contribution in [0.1, 0.15) is 0 Å². The second-order valence-electron chi connectivity index (χ2n) is 0.447. The summed E-state index contributed by atoms with van der Waals surface area (Å²) in [6.45, 7) is 0. The quantitative estimate of drug-likeness (QED) is 0.419. The Hall–Kier alpha value is -0.613. The van der Waals surface area contributed by atoms with E-state index in [1.54, 1.807) is 0 Å². The van der Waals surface area contributed by atoms with Crippen molar-refractivity contribution in [1.82, 2.24) is 0 Å². The van der Waals surface area contributed by atoms with Gasteiger partial charge in [-0.15, -0.1) is 0 Å². The van der Waals surface area contributed by atoms with Crippen molar-refractivity contribution in [2.24, 2.45) is 0 Å². The first kappa shape index (κ1) is 15.8. The summed E-state index contributed by atoms with van der Waals surface area (Å²) in [5.74, 6) is 0. The number of hydrogen-bond donors (Lipinski definition) is 0. The standard InChI is InChI=1S/2NO3.Pu/c2*2-1(3)4;/q2*-1;. The third-order valence-corrected chi connectivity index (χ3v) is 0. The van der Waals surface area contributed by atoms with Crippen LogP contribution in [0.25, 0.3) is 0 Å². The van der Waals surface area contributed by atoms with Crippen LogP contribution in [0.15, 0.2) is 0 Å². The average Bonchev–Trinajstić information content (AvgIpc) is 1.25. The maximum absolute atomic E-state index is 8.25. The second-order valence-corrected chi connectivity index (χ2v) is 0.447. The van der Waals surface area contributed by atoms with E-state index in [1.165, 1.54) is 0 Å². The number of nitrogens with zero attached hydrogens (tertiary/aromatic N) is 2. The van der Waals surface area contributed by atoms with Crippen molar-refractivity contribution in [3.8, 4) is 0 Å². The van der Waals surface area contributed by atoms with Gasteiger partial charge in [0.05, 0.1) is 10.2 Å². The Labute approximate surface area is 70.2 Å². The first-order valence-corrected chi connectivity index (χ1v) is 1.10. The molecule has 0 bridgehead atoms. The predicted octanol–water partition coefficient (Wildman–Crippen LogP) is -0.478. The molecular formula is N2O6Pu-2. The van der Waals surface area contributed by atoms with Gasteiger partial charge in [0.2, 0.25) is 0 Å². The average molecular weight is 368 g/mol. The van der Waals surface area contributed by atoms with Gasteiger partial charge in [-0.3, -0.25) is 0 Å². The second kappa shape index (κ2) is 10.4. The molecule has 0 saturated carbocycles. The largest absolute Gasteiger partial charge is 0.356 e. The summed E-state index contributed by atoms with van der Waals surface area (Å²) in [7, 11) is 0. The molecule has 0 N–H and O–H groups in total. The molecule has 0 aromatic rings. The molecule has 0 aliphatic heterocycles. The Kier molecular flexibility index (Phi) is 18.2. The van der Waals surface area contributed by atoms with Crippen LogP contribution in [-0.2, 0) is 0 Å². The van der Waals surface area contributed by atoms with E-state index in [0.29, 0.717) is 0 Å². The van der Waals surface area contributed by atoms with E-state index in [0.717, 1.165) is 0 Å². The number of hydrogen-bond acceptors (Lipinski definition) is 6. The minimum Gasteiger partial charge on any atom is -0.356 e. The molecule has 0 radical (unpaired) electrons. The summed E-state index contributed by atoms with van der Waals surface area (Å²) in [5, 5.41) is 29.5. The van der Waals surface area contributed by atoms with Crippen molar-refractivity contribution in [1.29, 1.82) is 0 Å². The molecule has 9 heteroatoms. The van der Waals surface area contributed by atoms with Crippen LogP contribution in [0.4, 0.5) is 0 Å². The van der Waals surface area contributed by atoms with Crippen molar-refractivity contribution < 1.29 is 39.3 Å². The van der Waals surface area contributed by atoms with Crippen LogP contribution in [0.5, 0.6) is 0 Å². The van der Waals surface area contributed by atoms with Gasteiger partial charge >= 0.3 is 0 Å². The van der Waals surface area contributed by atoms with E-state index in [-0.39, 0.29) is 29.2 Å². The molecule has 0 amide bonds. The third-order valence-electron chi connectivity index (χ3n) is 0. The normalized spacial score (nSPS) is 5.33. The van der Waals surface area contributed by atoms with Crippen LogP contribution >= 0.6 is 0 Å². The summed E-state index contributed by atoms with van der Waals surface area (Å²) in [4.78, 5) is 16.5. The fraction of sp³-hybridized carbons (Fsp3) is 0. The summed E-state index contributed by atoms with van der Waals surface area (Å²) >= 11 is 0. The smallest absolute Gasteiger partial charge is 0.0689 e. The van der Waals surface area contributed by atoms with Crippen LogP contribution in [0.3, 0.4) is 0 Å². The maximum Gasteiger partial charge on any atom is 0.0689 e. The minimum absolute atomic E-state index is 0. The predicted molar refractivity (Wildman–Crippen MR) is 20.7 cm³/mol. The van der Waals surface area contributed by atoms with Crippen molar-refractivity contribution in [3.63, 3.8) is 0 Å². The molecule has 54 valence electrons. The Bertz CT molecular complexity index is 69.1. The molecule has 0 aromatic heterocycles. The van der Waals surface area contributed by atoms with Gasteiger partial charge in [0.1, 0.15) is 0 Å². The molecule has 0 spiro atoms. The molecule has 0 atom stereocenters. The molecule has 0 heterocycles. The van der Waals surface area contributed by atoms with Crippen molar-refractivity contribution in [3.05, 3.63) is 30.6 Å². The van der Waals surface area contributed by atoms with Gasteiger partial charge in [-0.05, 0) is 0 Å². The van der Waals surface area contributed by atoms with Crippen molar-refractivity contribution in [2.75, 3.05) is 0 Å². The molecule has 0 saturated heterocycles. The summed E-state index contributed by atoms with van der Waals surface area (Å²) in [6.07, 6.45) is 0. The molecule has 0 aliphatic rings. The summed E-state index contributed by atoms with van der Waals surface area (Å²) in [5.41, 5.74) is 0. The van der Waals surface area contributed by atoms with E-state index >= 15 is 0 Å². The minimum atomic E-state index is -1.75. The van der Waals surface area contributed by atoms with E-state index in [9.17, 15) is 0 Å².